The van der Waals surface area contributed by atoms with Gasteiger partial charge in [-0.3, -0.25) is 0 Å². The zero-order chi connectivity index (χ0) is 11.4. The van der Waals surface area contributed by atoms with Gasteiger partial charge in [-0.1, -0.05) is 30.9 Å². The number of fused-ring (bicyclic) bond motifs is 1. The Hall–Kier alpha value is -1.87. The Labute approximate surface area is 94.0 Å². The second kappa shape index (κ2) is 4.77. The Bertz CT molecular complexity index is 508. The lowest BCUT2D eigenvalue weighted by molar-refractivity contribution is 0.282. The predicted molar refractivity (Wildman–Crippen MR) is 63.4 cm³/mol. The molecule has 0 fully saturated rings. The third-order valence-corrected chi connectivity index (χ3v) is 2.35. The maximum Gasteiger partial charge on any atom is 0.221 e. The molecule has 0 spiro atoms. The van der Waals surface area contributed by atoms with Gasteiger partial charge in [0.2, 0.25) is 5.88 Å². The van der Waals surface area contributed by atoms with E-state index < -0.39 is 0 Å². The minimum absolute atomic E-state index is 0.0186. The van der Waals surface area contributed by atoms with Gasteiger partial charge in [0.25, 0.3) is 0 Å². The fourth-order valence-corrected chi connectivity index (χ4v) is 1.60. The summed E-state index contributed by atoms with van der Waals surface area (Å²) in [5, 5.41) is 11.1. The smallest absolute Gasteiger partial charge is 0.221 e. The highest BCUT2D eigenvalue weighted by Gasteiger charge is 2.06. The maximum absolute atomic E-state index is 9.21. The fraction of sp³-hybridized carbons (Fsp3) is 0.154. The van der Waals surface area contributed by atoms with E-state index >= 15 is 0 Å². The number of pyridine rings is 1. The minimum Gasteiger partial charge on any atom is -0.473 e. The van der Waals surface area contributed by atoms with E-state index in [2.05, 4.69) is 11.6 Å². The van der Waals surface area contributed by atoms with Crippen molar-refractivity contribution in [2.45, 2.75) is 6.61 Å². The summed E-state index contributed by atoms with van der Waals surface area (Å²) in [5.74, 6) is 0.577. The van der Waals surface area contributed by atoms with E-state index in [1.165, 1.54) is 0 Å². The van der Waals surface area contributed by atoms with E-state index in [9.17, 15) is 5.11 Å². The lowest BCUT2D eigenvalue weighted by Crippen LogP contribution is -1.98. The van der Waals surface area contributed by atoms with Crippen molar-refractivity contribution in [3.63, 3.8) is 0 Å². The van der Waals surface area contributed by atoms with Crippen molar-refractivity contribution in [3.8, 4) is 5.88 Å². The van der Waals surface area contributed by atoms with E-state index in [-0.39, 0.29) is 6.61 Å². The molecule has 0 saturated heterocycles. The number of rotatable bonds is 4. The van der Waals surface area contributed by atoms with Crippen molar-refractivity contribution in [1.29, 1.82) is 0 Å². The van der Waals surface area contributed by atoms with Crippen LogP contribution in [0.3, 0.4) is 0 Å². The van der Waals surface area contributed by atoms with Gasteiger partial charge in [0.15, 0.2) is 0 Å². The van der Waals surface area contributed by atoms with Crippen LogP contribution in [-0.2, 0) is 6.61 Å². The zero-order valence-electron chi connectivity index (χ0n) is 8.89. The number of nitrogens with zero attached hydrogens (tertiary/aromatic N) is 1. The molecule has 0 radical (unpaired) electrons. The average molecular weight is 215 g/mol. The Morgan fingerprint density at radius 1 is 1.31 bits per heavy atom. The van der Waals surface area contributed by atoms with E-state index in [1.807, 2.05) is 24.3 Å². The molecule has 0 aliphatic heterocycles. The van der Waals surface area contributed by atoms with Crippen LogP contribution in [0.5, 0.6) is 5.88 Å². The van der Waals surface area contributed by atoms with Crippen molar-refractivity contribution < 1.29 is 9.84 Å². The Kier molecular flexibility index (Phi) is 3.17. The summed E-state index contributed by atoms with van der Waals surface area (Å²) in [6, 6.07) is 7.73. The monoisotopic (exact) mass is 215 g/mol. The molecule has 0 aliphatic carbocycles. The highest BCUT2D eigenvalue weighted by Crippen LogP contribution is 2.25. The van der Waals surface area contributed by atoms with Crippen molar-refractivity contribution in [1.82, 2.24) is 4.98 Å². The van der Waals surface area contributed by atoms with E-state index in [0.29, 0.717) is 12.5 Å². The largest absolute Gasteiger partial charge is 0.473 e. The molecule has 0 unspecified atom stereocenters. The molecular formula is C13H13NO2. The molecule has 1 N–H and O–H groups in total. The van der Waals surface area contributed by atoms with Crippen LogP contribution in [0.4, 0.5) is 0 Å². The van der Waals surface area contributed by atoms with Gasteiger partial charge in [-0.05, 0) is 11.5 Å². The summed E-state index contributed by atoms with van der Waals surface area (Å²) in [7, 11) is 0. The minimum atomic E-state index is -0.0186. The van der Waals surface area contributed by atoms with Crippen LogP contribution >= 0.6 is 0 Å². The third-order valence-electron chi connectivity index (χ3n) is 2.35. The highest BCUT2D eigenvalue weighted by molar-refractivity contribution is 5.89. The number of benzene rings is 1. The maximum atomic E-state index is 9.21. The lowest BCUT2D eigenvalue weighted by atomic mass is 10.1. The second-order valence-corrected chi connectivity index (χ2v) is 3.39. The van der Waals surface area contributed by atoms with Crippen molar-refractivity contribution >= 4 is 10.8 Å². The summed E-state index contributed by atoms with van der Waals surface area (Å²) in [6.45, 7) is 4.00. The molecule has 2 aromatic rings. The molecule has 3 nitrogen and oxygen atoms in total. The molecule has 1 aromatic heterocycles. The highest BCUT2D eigenvalue weighted by atomic mass is 16.5. The van der Waals surface area contributed by atoms with Gasteiger partial charge in [-0.25, -0.2) is 4.98 Å². The van der Waals surface area contributed by atoms with E-state index in [0.717, 1.165) is 16.3 Å². The van der Waals surface area contributed by atoms with Crippen molar-refractivity contribution in [2.75, 3.05) is 6.61 Å². The van der Waals surface area contributed by atoms with Crippen molar-refractivity contribution in [2.24, 2.45) is 0 Å². The molecule has 0 saturated carbocycles. The molecule has 2 rings (SSSR count). The second-order valence-electron chi connectivity index (χ2n) is 3.39. The first-order valence-electron chi connectivity index (χ1n) is 5.08. The first kappa shape index (κ1) is 10.6. The molecule has 1 heterocycles. The van der Waals surface area contributed by atoms with Crippen LogP contribution in [0.15, 0.2) is 43.1 Å². The summed E-state index contributed by atoms with van der Waals surface area (Å²) in [5.41, 5.74) is 0.807. The van der Waals surface area contributed by atoms with Gasteiger partial charge in [-0.15, -0.1) is 0 Å². The third kappa shape index (κ3) is 1.90. The average Bonchev–Trinajstić information content (AvgIpc) is 2.36. The number of aromatic nitrogens is 1. The van der Waals surface area contributed by atoms with E-state index in [4.69, 9.17) is 4.74 Å². The number of hydrogen-bond acceptors (Lipinski definition) is 3. The Balaban J connectivity index is 2.55. The molecule has 0 atom stereocenters. The van der Waals surface area contributed by atoms with Gasteiger partial charge in [0, 0.05) is 17.1 Å². The standard InChI is InChI=1S/C13H13NO2/c1-2-7-16-13-12-6-4-3-5-11(12)10(9-15)8-14-13/h2-6,8,15H,1,7,9H2. The van der Waals surface area contributed by atoms with Crippen LogP contribution in [-0.4, -0.2) is 16.7 Å². The fourth-order valence-electron chi connectivity index (χ4n) is 1.60. The van der Waals surface area contributed by atoms with E-state index in [1.54, 1.807) is 12.3 Å². The van der Waals surface area contributed by atoms with Gasteiger partial charge >= 0.3 is 0 Å². The zero-order valence-corrected chi connectivity index (χ0v) is 8.89. The number of hydrogen-bond donors (Lipinski definition) is 1. The first-order chi connectivity index (χ1) is 7.86. The predicted octanol–water partition coefficient (Wildman–Crippen LogP) is 2.29. The molecule has 16 heavy (non-hydrogen) atoms. The van der Waals surface area contributed by atoms with Crippen LogP contribution < -0.4 is 4.74 Å². The molecule has 0 bridgehead atoms. The number of aliphatic hydroxyl groups is 1. The normalized spacial score (nSPS) is 10.3. The van der Waals surface area contributed by atoms with Gasteiger partial charge in [-0.2, -0.15) is 0 Å². The quantitative estimate of drug-likeness (QED) is 0.796. The summed E-state index contributed by atoms with van der Waals surface area (Å²) >= 11 is 0. The van der Waals surface area contributed by atoms with Crippen molar-refractivity contribution in [3.05, 3.63) is 48.7 Å². The summed E-state index contributed by atoms with van der Waals surface area (Å²) in [4.78, 5) is 4.19. The Morgan fingerprint density at radius 3 is 2.75 bits per heavy atom. The van der Waals surface area contributed by atoms with Gasteiger partial charge < -0.3 is 9.84 Å². The van der Waals surface area contributed by atoms with Gasteiger partial charge in [0.05, 0.1) is 6.61 Å². The molecule has 0 aliphatic rings. The first-order valence-corrected chi connectivity index (χ1v) is 5.08. The van der Waals surface area contributed by atoms with Crippen LogP contribution in [0.2, 0.25) is 0 Å². The molecule has 0 amide bonds. The molecule has 1 aromatic carbocycles. The summed E-state index contributed by atoms with van der Waals surface area (Å²) in [6.07, 6.45) is 3.32. The topological polar surface area (TPSA) is 42.4 Å². The van der Waals surface area contributed by atoms with Crippen LogP contribution in [0.1, 0.15) is 5.56 Å². The SMILES string of the molecule is C=CCOc1ncc(CO)c2ccccc12. The summed E-state index contributed by atoms with van der Waals surface area (Å²) < 4.78 is 5.46. The lowest BCUT2D eigenvalue weighted by Gasteiger charge is -2.08. The molecule has 3 heteroatoms. The molecular weight excluding hydrogens is 202 g/mol. The Morgan fingerprint density at radius 2 is 2.06 bits per heavy atom. The molecule has 82 valence electrons. The van der Waals surface area contributed by atoms with Gasteiger partial charge in [0.1, 0.15) is 6.61 Å². The number of aliphatic hydroxyl groups excluding tert-OH is 1. The van der Waals surface area contributed by atoms with Crippen LogP contribution in [0.25, 0.3) is 10.8 Å². The number of ether oxygens (including phenoxy) is 1. The van der Waals surface area contributed by atoms with Crippen LogP contribution in [0, 0.1) is 0 Å².